The molecule has 0 aromatic heterocycles. The van der Waals surface area contributed by atoms with E-state index < -0.39 is 33.7 Å². The van der Waals surface area contributed by atoms with Crippen LogP contribution in [0.3, 0.4) is 0 Å². The zero-order valence-electron chi connectivity index (χ0n) is 17.5. The number of ketones is 1. The lowest BCUT2D eigenvalue weighted by Crippen LogP contribution is -2.66. The molecule has 1 saturated heterocycles. The van der Waals surface area contributed by atoms with Crippen LogP contribution in [0.15, 0.2) is 54.1 Å². The smallest absolute Gasteiger partial charge is 0.296 e. The molecule has 0 unspecified atom stereocenters. The van der Waals surface area contributed by atoms with Crippen molar-refractivity contribution in [2.24, 2.45) is 0 Å². The summed E-state index contributed by atoms with van der Waals surface area (Å²) in [5.74, 6) is -7.58. The van der Waals surface area contributed by atoms with Crippen LogP contribution in [0.1, 0.15) is 36.5 Å². The molecule has 1 amide bonds. The van der Waals surface area contributed by atoms with Crippen molar-refractivity contribution in [1.82, 2.24) is 4.90 Å². The third-order valence-electron chi connectivity index (χ3n) is 6.65. The van der Waals surface area contributed by atoms with Gasteiger partial charge in [-0.1, -0.05) is 37.6 Å². The number of hydrogen-bond acceptors (Lipinski definition) is 8. The molecule has 2 aliphatic heterocycles. The number of nitro benzene ring substituents is 1. The molecule has 10 heteroatoms. The quantitative estimate of drug-likeness (QED) is 0.266. The van der Waals surface area contributed by atoms with Crippen molar-refractivity contribution in [1.29, 1.82) is 0 Å². The Bertz CT molecular complexity index is 1250. The van der Waals surface area contributed by atoms with Crippen LogP contribution in [0.2, 0.25) is 0 Å². The van der Waals surface area contributed by atoms with Crippen molar-refractivity contribution in [2.45, 2.75) is 36.9 Å². The molecule has 2 heterocycles. The van der Waals surface area contributed by atoms with E-state index in [-0.39, 0.29) is 40.3 Å². The second-order valence-electron chi connectivity index (χ2n) is 8.32. The minimum absolute atomic E-state index is 0.00779. The number of fused-ring (bicyclic) bond motifs is 2. The number of nitrogens with zero attached hydrogens (tertiary/aromatic N) is 2. The Morgan fingerprint density at radius 1 is 1.03 bits per heavy atom. The van der Waals surface area contributed by atoms with E-state index in [1.54, 1.807) is 6.07 Å². The molecule has 170 valence electrons. The number of likely N-dealkylation sites (tertiary alicyclic amines) is 1. The lowest BCUT2D eigenvalue weighted by Gasteiger charge is -2.45. The molecule has 2 aromatic rings. The molecular weight excluding hydrogens is 432 g/mol. The van der Waals surface area contributed by atoms with Gasteiger partial charge in [0, 0.05) is 35.4 Å². The first-order valence-corrected chi connectivity index (χ1v) is 10.4. The van der Waals surface area contributed by atoms with Crippen LogP contribution in [0, 0.1) is 10.1 Å². The summed E-state index contributed by atoms with van der Waals surface area (Å²) < 4.78 is 5.94. The van der Waals surface area contributed by atoms with Crippen molar-refractivity contribution in [3.63, 3.8) is 0 Å². The van der Waals surface area contributed by atoms with E-state index in [2.05, 4.69) is 0 Å². The molecule has 2 aromatic carbocycles. The summed E-state index contributed by atoms with van der Waals surface area (Å²) in [5, 5.41) is 45.9. The molecule has 0 bridgehead atoms. The van der Waals surface area contributed by atoms with Gasteiger partial charge >= 0.3 is 0 Å². The first-order valence-electron chi connectivity index (χ1n) is 10.4. The van der Waals surface area contributed by atoms with E-state index in [0.717, 1.165) is 4.90 Å². The lowest BCUT2D eigenvalue weighted by molar-refractivity contribution is -0.384. The van der Waals surface area contributed by atoms with E-state index in [1.807, 2.05) is 6.92 Å². The highest BCUT2D eigenvalue weighted by Gasteiger charge is 2.84. The monoisotopic (exact) mass is 452 g/mol. The van der Waals surface area contributed by atoms with Gasteiger partial charge in [-0.2, -0.15) is 0 Å². The van der Waals surface area contributed by atoms with Gasteiger partial charge in [0.15, 0.2) is 0 Å². The van der Waals surface area contributed by atoms with Crippen LogP contribution >= 0.6 is 0 Å². The largest absolute Gasteiger partial charge is 0.454 e. The third-order valence-corrected chi connectivity index (χ3v) is 6.65. The molecule has 0 radical (unpaired) electrons. The summed E-state index contributed by atoms with van der Waals surface area (Å²) in [5.41, 5.74) is -2.85. The number of unbranched alkanes of at least 4 members (excludes halogenated alkanes) is 1. The van der Waals surface area contributed by atoms with Crippen molar-refractivity contribution in [3.8, 4) is 0 Å². The van der Waals surface area contributed by atoms with Gasteiger partial charge < -0.3 is 25.0 Å². The molecule has 10 nitrogen and oxygen atoms in total. The third kappa shape index (κ3) is 2.32. The Morgan fingerprint density at radius 3 is 2.27 bits per heavy atom. The first-order chi connectivity index (χ1) is 15.6. The molecule has 5 rings (SSSR count). The summed E-state index contributed by atoms with van der Waals surface area (Å²) >= 11 is 0. The number of amides is 1. The fourth-order valence-corrected chi connectivity index (χ4v) is 5.22. The maximum Gasteiger partial charge on any atom is 0.296 e. The molecule has 2 atom stereocenters. The molecule has 1 fully saturated rings. The normalized spacial score (nSPS) is 26.8. The number of Topliss-reactive ketones (excluding diaryl/α,β-unsaturated/α-hetero) is 1. The SMILES string of the molecule is CCCCN1C(=O)C(=O)C2=C(c3ccc([N+](=O)[O-])cc3)O[C@]3(O)c4ccccc4C(O)(O)[C@]213. The fraction of sp³-hybridized carbons (Fsp3) is 0.304. The predicted molar refractivity (Wildman–Crippen MR) is 112 cm³/mol. The molecule has 1 spiro atoms. The summed E-state index contributed by atoms with van der Waals surface area (Å²) in [6.07, 6.45) is 1.07. The zero-order chi connectivity index (χ0) is 23.8. The summed E-state index contributed by atoms with van der Waals surface area (Å²) in [6.45, 7) is 1.84. The van der Waals surface area contributed by atoms with Gasteiger partial charge in [0.2, 0.25) is 11.3 Å². The Hall–Kier alpha value is -3.60. The molecular formula is C23H20N2O8. The van der Waals surface area contributed by atoms with Gasteiger partial charge in [0.25, 0.3) is 23.2 Å². The van der Waals surface area contributed by atoms with Crippen LogP contribution in [0.4, 0.5) is 5.69 Å². The number of hydrogen-bond donors (Lipinski definition) is 3. The van der Waals surface area contributed by atoms with Crippen molar-refractivity contribution >= 4 is 23.1 Å². The number of benzene rings is 2. The summed E-state index contributed by atoms with van der Waals surface area (Å²) in [7, 11) is 0. The average Bonchev–Trinajstić information content (AvgIpc) is 3.27. The van der Waals surface area contributed by atoms with Gasteiger partial charge in [-0.15, -0.1) is 0 Å². The highest BCUT2D eigenvalue weighted by Crippen LogP contribution is 2.67. The fourth-order valence-electron chi connectivity index (χ4n) is 5.22. The van der Waals surface area contributed by atoms with Crippen LogP contribution in [-0.2, 0) is 25.9 Å². The molecule has 0 saturated carbocycles. The van der Waals surface area contributed by atoms with Crippen LogP contribution in [0.5, 0.6) is 0 Å². The van der Waals surface area contributed by atoms with Crippen molar-refractivity contribution < 1.29 is 34.6 Å². The number of carbonyl (C=O) groups is 2. The maximum atomic E-state index is 13.3. The van der Waals surface area contributed by atoms with Gasteiger partial charge in [0.05, 0.1) is 10.5 Å². The summed E-state index contributed by atoms with van der Waals surface area (Å²) in [6, 6.07) is 10.9. The number of carbonyl (C=O) groups excluding carboxylic acids is 2. The molecule has 3 N–H and O–H groups in total. The number of nitro groups is 1. The maximum absolute atomic E-state index is 13.3. The van der Waals surface area contributed by atoms with E-state index in [9.17, 15) is 35.0 Å². The second kappa shape index (κ2) is 6.70. The minimum Gasteiger partial charge on any atom is -0.454 e. The van der Waals surface area contributed by atoms with Gasteiger partial charge in [-0.25, -0.2) is 0 Å². The second-order valence-corrected chi connectivity index (χ2v) is 8.32. The van der Waals surface area contributed by atoms with Gasteiger partial charge in [-0.05, 0) is 18.6 Å². The Balaban J connectivity index is 1.82. The number of aliphatic hydroxyl groups is 3. The Morgan fingerprint density at radius 2 is 1.67 bits per heavy atom. The topological polar surface area (TPSA) is 150 Å². The minimum atomic E-state index is -2.86. The zero-order valence-corrected chi connectivity index (χ0v) is 17.5. The van der Waals surface area contributed by atoms with E-state index >= 15 is 0 Å². The van der Waals surface area contributed by atoms with Crippen molar-refractivity contribution in [3.05, 3.63) is 80.9 Å². The van der Waals surface area contributed by atoms with E-state index in [4.69, 9.17) is 4.74 Å². The van der Waals surface area contributed by atoms with Gasteiger partial charge in [0.1, 0.15) is 5.76 Å². The van der Waals surface area contributed by atoms with Crippen molar-refractivity contribution in [2.75, 3.05) is 6.54 Å². The number of non-ortho nitro benzene ring substituents is 1. The van der Waals surface area contributed by atoms with Crippen LogP contribution < -0.4 is 0 Å². The number of ether oxygens (including phenoxy) is 1. The standard InChI is InChI=1S/C23H20N2O8/c1-2-3-12-24-20(27)18(26)17-19(13-8-10-14(11-9-13)25(31)32)33-23(30)16-7-5-4-6-15(16)22(28,29)21(17,23)24/h4-11,28-30H,2-3,12H2,1H3/t21-,23+/m0/s1. The number of rotatable bonds is 5. The van der Waals surface area contributed by atoms with E-state index in [1.165, 1.54) is 42.5 Å². The predicted octanol–water partition coefficient (Wildman–Crippen LogP) is 1.28. The van der Waals surface area contributed by atoms with E-state index in [0.29, 0.717) is 12.8 Å². The molecule has 1 aliphatic carbocycles. The van der Waals surface area contributed by atoms with Crippen LogP contribution in [-0.4, -0.2) is 48.9 Å². The highest BCUT2D eigenvalue weighted by molar-refractivity contribution is 6.48. The lowest BCUT2D eigenvalue weighted by atomic mass is 9.78. The Kier molecular flexibility index (Phi) is 4.32. The first kappa shape index (κ1) is 21.3. The highest BCUT2D eigenvalue weighted by atomic mass is 16.6. The van der Waals surface area contributed by atoms with Gasteiger partial charge in [-0.3, -0.25) is 19.7 Å². The molecule has 3 aliphatic rings. The Labute approximate surface area is 187 Å². The van der Waals surface area contributed by atoms with Crippen LogP contribution in [0.25, 0.3) is 5.76 Å². The summed E-state index contributed by atoms with van der Waals surface area (Å²) in [4.78, 5) is 37.8. The average molecular weight is 452 g/mol. The molecule has 33 heavy (non-hydrogen) atoms.